The van der Waals surface area contributed by atoms with E-state index in [0.29, 0.717) is 0 Å². The van der Waals surface area contributed by atoms with E-state index >= 15 is 0 Å². The van der Waals surface area contributed by atoms with Gasteiger partial charge in [-0.15, -0.1) is 0 Å². The van der Waals surface area contributed by atoms with E-state index in [1.165, 1.54) is 16.3 Å². The van der Waals surface area contributed by atoms with Crippen molar-refractivity contribution in [2.24, 2.45) is 5.73 Å². The normalized spacial score (nSPS) is 19.9. The molecule has 0 amide bonds. The number of ether oxygens (including phenoxy) is 1. The van der Waals surface area contributed by atoms with Gasteiger partial charge in [-0.2, -0.15) is 0 Å². The Morgan fingerprint density at radius 1 is 1.12 bits per heavy atom. The van der Waals surface area contributed by atoms with Gasteiger partial charge in [0.25, 0.3) is 0 Å². The van der Waals surface area contributed by atoms with Crippen LogP contribution in [0.4, 0.5) is 0 Å². The van der Waals surface area contributed by atoms with Gasteiger partial charge in [0, 0.05) is 6.04 Å². The largest absolute Gasteiger partial charge is 0.379 e. The number of benzene rings is 2. The van der Waals surface area contributed by atoms with E-state index in [0.717, 1.165) is 13.2 Å². The predicted molar refractivity (Wildman–Crippen MR) is 70.1 cm³/mol. The van der Waals surface area contributed by atoms with Crippen molar-refractivity contribution in [1.29, 1.82) is 0 Å². The quantitative estimate of drug-likeness (QED) is 0.855. The van der Waals surface area contributed by atoms with E-state index in [1.54, 1.807) is 0 Å². The van der Waals surface area contributed by atoms with E-state index < -0.39 is 0 Å². The van der Waals surface area contributed by atoms with Crippen LogP contribution in [0.15, 0.2) is 42.5 Å². The van der Waals surface area contributed by atoms with Crippen molar-refractivity contribution in [3.05, 3.63) is 48.0 Å². The maximum Gasteiger partial charge on any atom is 0.0600 e. The van der Waals surface area contributed by atoms with Crippen LogP contribution in [0.25, 0.3) is 10.8 Å². The van der Waals surface area contributed by atoms with Crippen LogP contribution in [0.3, 0.4) is 0 Å². The fourth-order valence-electron chi connectivity index (χ4n) is 2.65. The highest BCUT2D eigenvalue weighted by Crippen LogP contribution is 2.38. The number of hydrogen-bond acceptors (Lipinski definition) is 2. The summed E-state index contributed by atoms with van der Waals surface area (Å²) in [5.74, 6) is 0. The smallest absolute Gasteiger partial charge is 0.0600 e. The van der Waals surface area contributed by atoms with Crippen LogP contribution in [-0.4, -0.2) is 19.3 Å². The molecule has 1 aliphatic heterocycles. The second-order valence-electron chi connectivity index (χ2n) is 4.96. The van der Waals surface area contributed by atoms with E-state index in [1.807, 2.05) is 0 Å². The molecular formula is C15H17NO. The molecule has 0 radical (unpaired) electrons. The average molecular weight is 227 g/mol. The predicted octanol–water partition coefficient (Wildman–Crippen LogP) is 2.46. The summed E-state index contributed by atoms with van der Waals surface area (Å²) in [4.78, 5) is 0. The van der Waals surface area contributed by atoms with Gasteiger partial charge in [0.2, 0.25) is 0 Å². The number of hydrogen-bond donors (Lipinski definition) is 1. The summed E-state index contributed by atoms with van der Waals surface area (Å²) in [7, 11) is 0. The first-order valence-electron chi connectivity index (χ1n) is 6.06. The first-order valence-corrected chi connectivity index (χ1v) is 6.06. The molecule has 17 heavy (non-hydrogen) atoms. The van der Waals surface area contributed by atoms with Crippen molar-refractivity contribution in [1.82, 2.24) is 0 Å². The summed E-state index contributed by atoms with van der Waals surface area (Å²) in [6.07, 6.45) is 0. The zero-order valence-corrected chi connectivity index (χ0v) is 10.0. The molecule has 2 heteroatoms. The number of rotatable bonds is 2. The van der Waals surface area contributed by atoms with Gasteiger partial charge in [-0.1, -0.05) is 42.5 Å². The summed E-state index contributed by atoms with van der Waals surface area (Å²) in [5.41, 5.74) is 7.51. The molecule has 1 saturated heterocycles. The Balaban J connectivity index is 2.23. The van der Waals surface area contributed by atoms with E-state index in [9.17, 15) is 0 Å². The minimum atomic E-state index is 0.000856. The Hall–Kier alpha value is -1.38. The van der Waals surface area contributed by atoms with Crippen molar-refractivity contribution in [3.63, 3.8) is 0 Å². The third kappa shape index (κ3) is 1.48. The van der Waals surface area contributed by atoms with Gasteiger partial charge in [0.15, 0.2) is 0 Å². The molecule has 1 fully saturated rings. The standard InChI is InChI=1S/C15H17NO/c1-11(16)15(9-17-10-15)14-8-4-6-12-5-2-3-7-13(12)14/h2-8,11H,9-10,16H2,1H3. The van der Waals surface area contributed by atoms with Crippen LogP contribution in [0.5, 0.6) is 0 Å². The van der Waals surface area contributed by atoms with Crippen LogP contribution in [0, 0.1) is 0 Å². The Morgan fingerprint density at radius 2 is 1.82 bits per heavy atom. The molecule has 0 spiro atoms. The topological polar surface area (TPSA) is 35.2 Å². The van der Waals surface area contributed by atoms with Crippen LogP contribution >= 0.6 is 0 Å². The molecule has 1 unspecified atom stereocenters. The molecule has 2 N–H and O–H groups in total. The van der Waals surface area contributed by atoms with Crippen LogP contribution < -0.4 is 5.73 Å². The molecule has 2 aromatic carbocycles. The van der Waals surface area contributed by atoms with Crippen molar-refractivity contribution in [3.8, 4) is 0 Å². The Kier molecular flexibility index (Phi) is 2.42. The lowest BCUT2D eigenvalue weighted by atomic mass is 9.72. The molecule has 2 nitrogen and oxygen atoms in total. The second kappa shape index (κ2) is 3.83. The molecule has 0 saturated carbocycles. The highest BCUT2D eigenvalue weighted by molar-refractivity contribution is 5.87. The fourth-order valence-corrected chi connectivity index (χ4v) is 2.65. The first kappa shape index (κ1) is 10.8. The van der Waals surface area contributed by atoms with E-state index in [4.69, 9.17) is 10.5 Å². The van der Waals surface area contributed by atoms with Crippen molar-refractivity contribution in [2.45, 2.75) is 18.4 Å². The summed E-state index contributed by atoms with van der Waals surface area (Å²) >= 11 is 0. The average Bonchev–Trinajstić information content (AvgIpc) is 2.27. The zero-order chi connectivity index (χ0) is 11.9. The lowest BCUT2D eigenvalue weighted by molar-refractivity contribution is -0.0694. The van der Waals surface area contributed by atoms with Gasteiger partial charge in [0.1, 0.15) is 0 Å². The van der Waals surface area contributed by atoms with E-state index in [-0.39, 0.29) is 11.5 Å². The minimum absolute atomic E-state index is 0.000856. The van der Waals surface area contributed by atoms with Gasteiger partial charge in [0.05, 0.1) is 18.6 Å². The highest BCUT2D eigenvalue weighted by atomic mass is 16.5. The Morgan fingerprint density at radius 3 is 2.47 bits per heavy atom. The van der Waals surface area contributed by atoms with Crippen LogP contribution in [-0.2, 0) is 10.2 Å². The lowest BCUT2D eigenvalue weighted by Crippen LogP contribution is -2.57. The van der Waals surface area contributed by atoms with Gasteiger partial charge in [-0.3, -0.25) is 0 Å². The molecule has 0 bridgehead atoms. The number of nitrogens with two attached hydrogens (primary N) is 1. The Labute approximate surface area is 101 Å². The molecule has 2 aromatic rings. The van der Waals surface area contributed by atoms with Gasteiger partial charge in [-0.05, 0) is 23.3 Å². The van der Waals surface area contributed by atoms with Crippen molar-refractivity contribution < 1.29 is 4.74 Å². The third-order valence-corrected chi connectivity index (χ3v) is 3.92. The molecule has 0 aliphatic carbocycles. The van der Waals surface area contributed by atoms with Crippen LogP contribution in [0.2, 0.25) is 0 Å². The highest BCUT2D eigenvalue weighted by Gasteiger charge is 2.44. The maximum atomic E-state index is 6.18. The van der Waals surface area contributed by atoms with Crippen molar-refractivity contribution in [2.75, 3.05) is 13.2 Å². The molecule has 3 rings (SSSR count). The zero-order valence-electron chi connectivity index (χ0n) is 10.0. The summed E-state index contributed by atoms with van der Waals surface area (Å²) < 4.78 is 5.42. The molecule has 1 heterocycles. The van der Waals surface area contributed by atoms with Crippen LogP contribution in [0.1, 0.15) is 12.5 Å². The maximum absolute atomic E-state index is 6.18. The monoisotopic (exact) mass is 227 g/mol. The molecule has 1 atom stereocenters. The molecule has 0 aromatic heterocycles. The molecular weight excluding hydrogens is 210 g/mol. The number of fused-ring (bicyclic) bond motifs is 1. The van der Waals surface area contributed by atoms with E-state index in [2.05, 4.69) is 49.4 Å². The summed E-state index contributed by atoms with van der Waals surface area (Å²) in [6, 6.07) is 15.0. The first-order chi connectivity index (χ1) is 8.24. The molecule has 1 aliphatic rings. The third-order valence-electron chi connectivity index (χ3n) is 3.92. The Bertz CT molecular complexity index is 538. The molecule has 88 valence electrons. The SMILES string of the molecule is CC(N)C1(c2cccc3ccccc23)COC1. The summed E-state index contributed by atoms with van der Waals surface area (Å²) in [6.45, 7) is 3.54. The minimum Gasteiger partial charge on any atom is -0.379 e. The lowest BCUT2D eigenvalue weighted by Gasteiger charge is -2.45. The van der Waals surface area contributed by atoms with Gasteiger partial charge < -0.3 is 10.5 Å². The van der Waals surface area contributed by atoms with Gasteiger partial charge in [-0.25, -0.2) is 0 Å². The fraction of sp³-hybridized carbons (Fsp3) is 0.333. The summed E-state index contributed by atoms with van der Waals surface area (Å²) in [5, 5.41) is 2.58. The van der Waals surface area contributed by atoms with Crippen molar-refractivity contribution >= 4 is 10.8 Å². The van der Waals surface area contributed by atoms with Gasteiger partial charge >= 0.3 is 0 Å². The second-order valence-corrected chi connectivity index (χ2v) is 4.96.